The summed E-state index contributed by atoms with van der Waals surface area (Å²) < 4.78 is 11.1. The molecule has 0 radical (unpaired) electrons. The fourth-order valence-corrected chi connectivity index (χ4v) is 4.11. The maximum atomic E-state index is 5.55. The largest absolute Gasteiger partial charge is 0.412 e. The summed E-state index contributed by atoms with van der Waals surface area (Å²) in [5.41, 5.74) is 0. The maximum Gasteiger partial charge on any atom is 0.0577 e. The Bertz CT molecular complexity index is 190. The van der Waals surface area contributed by atoms with Gasteiger partial charge in [-0.2, -0.15) is 0 Å². The van der Waals surface area contributed by atoms with Crippen molar-refractivity contribution >= 4 is 0 Å². The Kier molecular flexibility index (Phi) is 6.11. The highest BCUT2D eigenvalue weighted by Crippen LogP contribution is 2.33. The van der Waals surface area contributed by atoms with Gasteiger partial charge in [0.25, 0.3) is 0 Å². The highest BCUT2D eigenvalue weighted by atomic mass is 16.5. The van der Waals surface area contributed by atoms with Gasteiger partial charge in [0.2, 0.25) is 0 Å². The van der Waals surface area contributed by atoms with Gasteiger partial charge >= 0.3 is 0 Å². The average Bonchev–Trinajstić information content (AvgIpc) is 2.40. The summed E-state index contributed by atoms with van der Waals surface area (Å²) in [5.74, 6) is 2.05. The molecule has 3 heteroatoms. The van der Waals surface area contributed by atoms with E-state index in [2.05, 4.69) is 0 Å². The number of hydrogen-bond acceptors (Lipinski definition) is 2. The lowest BCUT2D eigenvalue weighted by molar-refractivity contribution is -0.0348. The minimum Gasteiger partial charge on any atom is -0.412 e. The lowest BCUT2D eigenvalue weighted by atomic mass is 9.83. The zero-order valence-corrected chi connectivity index (χ0v) is 12.1. The first-order valence-corrected chi connectivity index (χ1v) is 8.13. The molecule has 0 aromatic heterocycles. The van der Waals surface area contributed by atoms with Gasteiger partial charge in [0, 0.05) is 13.2 Å². The molecule has 0 amide bonds. The smallest absolute Gasteiger partial charge is 0.0577 e. The molecule has 19 heavy (non-hydrogen) atoms. The molecule has 2 N–H and O–H groups in total. The van der Waals surface area contributed by atoms with Crippen molar-refractivity contribution in [2.75, 3.05) is 13.2 Å². The summed E-state index contributed by atoms with van der Waals surface area (Å²) >= 11 is 0. The highest BCUT2D eigenvalue weighted by molar-refractivity contribution is 4.77. The fraction of sp³-hybridized carbons (Fsp3) is 1.00. The van der Waals surface area contributed by atoms with Gasteiger partial charge in [-0.1, -0.05) is 25.7 Å². The van der Waals surface area contributed by atoms with E-state index >= 15 is 0 Å². The van der Waals surface area contributed by atoms with Crippen LogP contribution in [0.1, 0.15) is 64.2 Å². The van der Waals surface area contributed by atoms with Crippen LogP contribution in [-0.2, 0) is 9.47 Å². The van der Waals surface area contributed by atoms with Gasteiger partial charge in [-0.3, -0.25) is 0 Å². The third kappa shape index (κ3) is 4.44. The molecular weight excluding hydrogens is 240 g/mol. The van der Waals surface area contributed by atoms with E-state index in [0.717, 1.165) is 25.0 Å². The number of hydrogen-bond donors (Lipinski definition) is 0. The summed E-state index contributed by atoms with van der Waals surface area (Å²) in [6, 6.07) is 0. The van der Waals surface area contributed by atoms with Gasteiger partial charge in [-0.15, -0.1) is 0 Å². The molecule has 4 atom stereocenters. The highest BCUT2D eigenvalue weighted by Gasteiger charge is 2.26. The summed E-state index contributed by atoms with van der Waals surface area (Å²) in [6.45, 7) is 2.07. The lowest BCUT2D eigenvalue weighted by Crippen LogP contribution is -2.29. The van der Waals surface area contributed by atoms with Crippen LogP contribution in [0.3, 0.4) is 0 Å². The Hall–Kier alpha value is -0.120. The van der Waals surface area contributed by atoms with Crippen LogP contribution < -0.4 is 0 Å². The van der Waals surface area contributed by atoms with Crippen LogP contribution in [-0.4, -0.2) is 30.9 Å². The van der Waals surface area contributed by atoms with Gasteiger partial charge in [-0.05, 0) is 50.4 Å². The summed E-state index contributed by atoms with van der Waals surface area (Å²) in [7, 11) is 0. The number of fused-ring (bicyclic) bond motifs is 4. The van der Waals surface area contributed by atoms with Crippen molar-refractivity contribution in [2.45, 2.75) is 76.4 Å². The normalized spacial score (nSPS) is 40.4. The van der Waals surface area contributed by atoms with Gasteiger partial charge < -0.3 is 14.9 Å². The van der Waals surface area contributed by atoms with Crippen LogP contribution >= 0.6 is 0 Å². The van der Waals surface area contributed by atoms with E-state index in [1.165, 1.54) is 64.2 Å². The SMILES string of the molecule is C1CC2CCOC(C1)C2.C1CC2CCOC(C1)C2.O. The second-order valence-corrected chi connectivity index (χ2v) is 6.63. The molecule has 2 aliphatic carbocycles. The van der Waals surface area contributed by atoms with E-state index in [1.54, 1.807) is 0 Å². The Morgan fingerprint density at radius 2 is 1.05 bits per heavy atom. The van der Waals surface area contributed by atoms with Gasteiger partial charge in [0.05, 0.1) is 12.2 Å². The van der Waals surface area contributed by atoms with E-state index in [1.807, 2.05) is 0 Å². The molecule has 4 unspecified atom stereocenters. The molecule has 0 spiro atoms. The molecule has 0 aromatic rings. The summed E-state index contributed by atoms with van der Waals surface area (Å²) in [5, 5.41) is 0. The van der Waals surface area contributed by atoms with Crippen molar-refractivity contribution in [2.24, 2.45) is 11.8 Å². The lowest BCUT2D eigenvalue weighted by Gasteiger charge is -2.34. The zero-order chi connectivity index (χ0) is 12.2. The van der Waals surface area contributed by atoms with Crippen LogP contribution in [0.2, 0.25) is 0 Å². The first-order chi connectivity index (χ1) is 8.90. The van der Waals surface area contributed by atoms with Crippen molar-refractivity contribution in [3.05, 3.63) is 0 Å². The number of rotatable bonds is 0. The molecule has 4 rings (SSSR count). The average molecular weight is 270 g/mol. The zero-order valence-electron chi connectivity index (χ0n) is 12.1. The predicted molar refractivity (Wildman–Crippen MR) is 76.2 cm³/mol. The molecule has 2 aliphatic heterocycles. The van der Waals surface area contributed by atoms with Gasteiger partial charge in [0.1, 0.15) is 0 Å². The van der Waals surface area contributed by atoms with E-state index in [-0.39, 0.29) is 5.48 Å². The molecule has 112 valence electrons. The molecule has 2 heterocycles. The van der Waals surface area contributed by atoms with Crippen LogP contribution in [0.4, 0.5) is 0 Å². The number of ether oxygens (including phenoxy) is 2. The second-order valence-electron chi connectivity index (χ2n) is 6.63. The van der Waals surface area contributed by atoms with Crippen molar-refractivity contribution in [3.8, 4) is 0 Å². The fourth-order valence-electron chi connectivity index (χ4n) is 4.11. The molecule has 3 nitrogen and oxygen atoms in total. The first kappa shape index (κ1) is 15.3. The third-order valence-corrected chi connectivity index (χ3v) is 5.23. The van der Waals surface area contributed by atoms with Crippen molar-refractivity contribution in [3.63, 3.8) is 0 Å². The summed E-state index contributed by atoms with van der Waals surface area (Å²) in [6.07, 6.45) is 15.1. The van der Waals surface area contributed by atoms with Crippen LogP contribution in [0.25, 0.3) is 0 Å². The molecule has 4 bridgehead atoms. The van der Waals surface area contributed by atoms with Crippen molar-refractivity contribution < 1.29 is 14.9 Å². The Morgan fingerprint density at radius 1 is 0.579 bits per heavy atom. The van der Waals surface area contributed by atoms with E-state index in [9.17, 15) is 0 Å². The van der Waals surface area contributed by atoms with Gasteiger partial charge in [-0.25, -0.2) is 0 Å². The molecule has 0 aromatic carbocycles. The van der Waals surface area contributed by atoms with E-state index in [4.69, 9.17) is 9.47 Å². The van der Waals surface area contributed by atoms with Gasteiger partial charge in [0.15, 0.2) is 0 Å². The topological polar surface area (TPSA) is 50.0 Å². The Morgan fingerprint density at radius 3 is 1.42 bits per heavy atom. The van der Waals surface area contributed by atoms with E-state index in [0.29, 0.717) is 12.2 Å². The van der Waals surface area contributed by atoms with Crippen molar-refractivity contribution in [1.82, 2.24) is 0 Å². The van der Waals surface area contributed by atoms with Crippen LogP contribution in [0.15, 0.2) is 0 Å². The van der Waals surface area contributed by atoms with Crippen LogP contribution in [0.5, 0.6) is 0 Å². The molecule has 2 saturated carbocycles. The molecular formula is C16H30O3. The minimum absolute atomic E-state index is 0. The maximum absolute atomic E-state index is 5.55. The van der Waals surface area contributed by atoms with E-state index < -0.39 is 0 Å². The third-order valence-electron chi connectivity index (χ3n) is 5.23. The molecule has 4 fully saturated rings. The summed E-state index contributed by atoms with van der Waals surface area (Å²) in [4.78, 5) is 0. The predicted octanol–water partition coefficient (Wildman–Crippen LogP) is 3.11. The quantitative estimate of drug-likeness (QED) is 0.679. The Labute approximate surface area is 117 Å². The van der Waals surface area contributed by atoms with Crippen molar-refractivity contribution in [1.29, 1.82) is 0 Å². The minimum atomic E-state index is 0. The Balaban J connectivity index is 0.000000133. The standard InChI is InChI=1S/2C8H14O.H2O/c2*1-2-7-4-5-9-8(3-1)6-7;/h2*7-8H,1-6H2;1H2. The van der Waals surface area contributed by atoms with Crippen LogP contribution in [0, 0.1) is 11.8 Å². The molecule has 2 saturated heterocycles. The monoisotopic (exact) mass is 270 g/mol. The first-order valence-electron chi connectivity index (χ1n) is 8.13. The molecule has 4 aliphatic rings. The second kappa shape index (κ2) is 7.61.